The van der Waals surface area contributed by atoms with E-state index < -0.39 is 5.54 Å². The standard InChI is InChI=1S/C20H25N7O/c1-20(2,12-21)26-11-13(9-24-26)19-16-10-23-18(22-3)8-17(16)27(25-19)14-4-6-15(28)7-5-14/h8-11,14-15,28H,4-7H2,1-3H3,(H,22,23). The summed E-state index contributed by atoms with van der Waals surface area (Å²) in [5, 5.41) is 32.6. The minimum Gasteiger partial charge on any atom is -0.393 e. The topological polar surface area (TPSA) is 105 Å². The first-order valence-corrected chi connectivity index (χ1v) is 9.64. The van der Waals surface area contributed by atoms with Crippen molar-refractivity contribution in [2.24, 2.45) is 0 Å². The van der Waals surface area contributed by atoms with Gasteiger partial charge in [0.1, 0.15) is 17.1 Å². The predicted octanol–water partition coefficient (Wildman–Crippen LogP) is 3.07. The van der Waals surface area contributed by atoms with Crippen molar-refractivity contribution in [2.45, 2.75) is 57.2 Å². The van der Waals surface area contributed by atoms with Crippen molar-refractivity contribution in [2.75, 3.05) is 12.4 Å². The highest BCUT2D eigenvalue weighted by molar-refractivity contribution is 5.93. The summed E-state index contributed by atoms with van der Waals surface area (Å²) >= 11 is 0. The highest BCUT2D eigenvalue weighted by Crippen LogP contribution is 2.35. The number of nitriles is 1. The number of aliphatic hydroxyl groups excluding tert-OH is 1. The zero-order valence-electron chi connectivity index (χ0n) is 16.4. The fourth-order valence-corrected chi connectivity index (χ4v) is 3.77. The van der Waals surface area contributed by atoms with Crippen LogP contribution in [0.25, 0.3) is 22.2 Å². The Kier molecular flexibility index (Phi) is 4.55. The summed E-state index contributed by atoms with van der Waals surface area (Å²) in [5.74, 6) is 0.789. The van der Waals surface area contributed by atoms with Gasteiger partial charge in [-0.2, -0.15) is 15.5 Å². The maximum atomic E-state index is 9.87. The van der Waals surface area contributed by atoms with Crippen LogP contribution < -0.4 is 5.32 Å². The van der Waals surface area contributed by atoms with Crippen molar-refractivity contribution in [3.63, 3.8) is 0 Å². The molecule has 8 nitrogen and oxygen atoms in total. The molecule has 0 radical (unpaired) electrons. The highest BCUT2D eigenvalue weighted by atomic mass is 16.3. The Morgan fingerprint density at radius 1 is 1.25 bits per heavy atom. The van der Waals surface area contributed by atoms with E-state index in [2.05, 4.69) is 26.2 Å². The van der Waals surface area contributed by atoms with E-state index in [4.69, 9.17) is 5.10 Å². The highest BCUT2D eigenvalue weighted by Gasteiger charge is 2.26. The lowest BCUT2D eigenvalue weighted by molar-refractivity contribution is 0.109. The molecule has 0 atom stereocenters. The van der Waals surface area contributed by atoms with Crippen molar-refractivity contribution in [3.05, 3.63) is 24.7 Å². The lowest BCUT2D eigenvalue weighted by Crippen LogP contribution is -2.24. The van der Waals surface area contributed by atoms with Crippen molar-refractivity contribution >= 4 is 16.7 Å². The Labute approximate surface area is 163 Å². The van der Waals surface area contributed by atoms with Crippen LogP contribution in [0.5, 0.6) is 0 Å². The van der Waals surface area contributed by atoms with Crippen molar-refractivity contribution in [1.82, 2.24) is 24.5 Å². The summed E-state index contributed by atoms with van der Waals surface area (Å²) in [6.07, 6.45) is 8.63. The van der Waals surface area contributed by atoms with Gasteiger partial charge in [0.2, 0.25) is 0 Å². The van der Waals surface area contributed by atoms with Gasteiger partial charge in [0.25, 0.3) is 0 Å². The average molecular weight is 379 g/mol. The summed E-state index contributed by atoms with van der Waals surface area (Å²) in [7, 11) is 1.85. The van der Waals surface area contributed by atoms with Crippen molar-refractivity contribution < 1.29 is 5.11 Å². The number of nitrogens with one attached hydrogen (secondary N) is 1. The van der Waals surface area contributed by atoms with E-state index in [0.717, 1.165) is 53.7 Å². The molecule has 3 aromatic heterocycles. The van der Waals surface area contributed by atoms with Crippen LogP contribution in [0, 0.1) is 11.3 Å². The fourth-order valence-electron chi connectivity index (χ4n) is 3.77. The van der Waals surface area contributed by atoms with Gasteiger partial charge >= 0.3 is 0 Å². The summed E-state index contributed by atoms with van der Waals surface area (Å²) < 4.78 is 3.74. The molecular formula is C20H25N7O. The fraction of sp³-hybridized carbons (Fsp3) is 0.500. The molecule has 146 valence electrons. The third-order valence-electron chi connectivity index (χ3n) is 5.56. The van der Waals surface area contributed by atoms with Gasteiger partial charge in [-0.15, -0.1) is 0 Å². The molecule has 4 rings (SSSR count). The molecule has 0 unspecified atom stereocenters. The van der Waals surface area contributed by atoms with Gasteiger partial charge in [-0.25, -0.2) is 4.98 Å². The van der Waals surface area contributed by atoms with Gasteiger partial charge in [-0.05, 0) is 39.5 Å². The molecule has 8 heteroatoms. The zero-order chi connectivity index (χ0) is 19.9. The van der Waals surface area contributed by atoms with E-state index in [9.17, 15) is 10.4 Å². The van der Waals surface area contributed by atoms with Crippen LogP contribution in [0.3, 0.4) is 0 Å². The minimum atomic E-state index is -0.728. The number of nitrogens with zero attached hydrogens (tertiary/aromatic N) is 6. The monoisotopic (exact) mass is 379 g/mol. The molecule has 2 N–H and O–H groups in total. The van der Waals surface area contributed by atoms with Crippen molar-refractivity contribution in [3.8, 4) is 17.3 Å². The largest absolute Gasteiger partial charge is 0.393 e. The molecule has 0 bridgehead atoms. The van der Waals surface area contributed by atoms with E-state index in [1.165, 1.54) is 0 Å². The Morgan fingerprint density at radius 3 is 2.68 bits per heavy atom. The number of anilines is 1. The Hall–Kier alpha value is -2.92. The quantitative estimate of drug-likeness (QED) is 0.722. The molecule has 1 aliphatic rings. The van der Waals surface area contributed by atoms with Gasteiger partial charge in [0, 0.05) is 36.5 Å². The molecule has 3 aromatic rings. The molecule has 1 fully saturated rings. The van der Waals surface area contributed by atoms with E-state index in [-0.39, 0.29) is 12.1 Å². The van der Waals surface area contributed by atoms with Crippen LogP contribution in [0.4, 0.5) is 5.82 Å². The molecule has 0 saturated heterocycles. The molecule has 1 aliphatic carbocycles. The van der Waals surface area contributed by atoms with Gasteiger partial charge in [0.15, 0.2) is 0 Å². The number of rotatable bonds is 4. The summed E-state index contributed by atoms with van der Waals surface area (Å²) in [4.78, 5) is 4.47. The van der Waals surface area contributed by atoms with Crippen LogP contribution in [-0.4, -0.2) is 42.8 Å². The average Bonchev–Trinajstić information content (AvgIpc) is 3.33. The Morgan fingerprint density at radius 2 is 2.00 bits per heavy atom. The third-order valence-corrected chi connectivity index (χ3v) is 5.56. The number of hydrogen-bond donors (Lipinski definition) is 2. The third kappa shape index (κ3) is 3.12. The van der Waals surface area contributed by atoms with E-state index >= 15 is 0 Å². The molecule has 3 heterocycles. The van der Waals surface area contributed by atoms with Gasteiger partial charge in [0.05, 0.1) is 29.9 Å². The SMILES string of the molecule is CNc1cc2c(cn1)c(-c1cnn(C(C)(C)C#N)c1)nn2C1CCC(O)CC1. The van der Waals surface area contributed by atoms with Crippen molar-refractivity contribution in [1.29, 1.82) is 5.26 Å². The number of fused-ring (bicyclic) bond motifs is 1. The van der Waals surface area contributed by atoms with Crippen LogP contribution in [0.15, 0.2) is 24.7 Å². The molecule has 0 spiro atoms. The van der Waals surface area contributed by atoms with Crippen LogP contribution in [-0.2, 0) is 5.54 Å². The number of aromatic nitrogens is 5. The van der Waals surface area contributed by atoms with E-state index in [1.807, 2.05) is 39.4 Å². The Bertz CT molecular complexity index is 1030. The lowest BCUT2D eigenvalue weighted by Gasteiger charge is -2.26. The first-order chi connectivity index (χ1) is 13.4. The molecule has 0 aliphatic heterocycles. The Balaban J connectivity index is 1.82. The lowest BCUT2D eigenvalue weighted by atomic mass is 9.93. The maximum Gasteiger partial charge on any atom is 0.143 e. The number of hydrogen-bond acceptors (Lipinski definition) is 6. The second-order valence-corrected chi connectivity index (χ2v) is 7.94. The van der Waals surface area contributed by atoms with E-state index in [0.29, 0.717) is 0 Å². The first-order valence-electron chi connectivity index (χ1n) is 9.64. The molecule has 0 amide bonds. The smallest absolute Gasteiger partial charge is 0.143 e. The molecule has 0 aromatic carbocycles. The molecule has 1 saturated carbocycles. The van der Waals surface area contributed by atoms with Gasteiger partial charge in [-0.3, -0.25) is 9.36 Å². The maximum absolute atomic E-state index is 9.87. The van der Waals surface area contributed by atoms with Crippen LogP contribution >= 0.6 is 0 Å². The number of aliphatic hydroxyl groups is 1. The second kappa shape index (κ2) is 6.91. The summed E-state index contributed by atoms with van der Waals surface area (Å²) in [5.41, 5.74) is 1.97. The number of pyridine rings is 1. The molecular weight excluding hydrogens is 354 g/mol. The predicted molar refractivity (Wildman–Crippen MR) is 107 cm³/mol. The normalized spacial score (nSPS) is 20.2. The molecule has 28 heavy (non-hydrogen) atoms. The minimum absolute atomic E-state index is 0.210. The van der Waals surface area contributed by atoms with Gasteiger partial charge in [-0.1, -0.05) is 0 Å². The van der Waals surface area contributed by atoms with Crippen LogP contribution in [0.2, 0.25) is 0 Å². The first kappa shape index (κ1) is 18.4. The zero-order valence-corrected chi connectivity index (χ0v) is 16.4. The second-order valence-electron chi connectivity index (χ2n) is 7.94. The summed E-state index contributed by atoms with van der Waals surface area (Å²) in [6, 6.07) is 4.53. The van der Waals surface area contributed by atoms with Gasteiger partial charge < -0.3 is 10.4 Å². The van der Waals surface area contributed by atoms with Crippen LogP contribution in [0.1, 0.15) is 45.6 Å². The summed E-state index contributed by atoms with van der Waals surface area (Å²) in [6.45, 7) is 3.66. The van der Waals surface area contributed by atoms with E-state index in [1.54, 1.807) is 10.9 Å².